The molecule has 2 atom stereocenters. The summed E-state index contributed by atoms with van der Waals surface area (Å²) < 4.78 is 19.0. The van der Waals surface area contributed by atoms with Crippen LogP contribution in [0.3, 0.4) is 0 Å². The van der Waals surface area contributed by atoms with Crippen LogP contribution in [-0.4, -0.2) is 32.4 Å². The van der Waals surface area contributed by atoms with Crippen LogP contribution in [0.15, 0.2) is 52.8 Å². The van der Waals surface area contributed by atoms with Gasteiger partial charge in [-0.2, -0.15) is 0 Å². The Kier molecular flexibility index (Phi) is 3.87. The number of benzene rings is 1. The number of aliphatic imine (C=N–C) groups is 1. The van der Waals surface area contributed by atoms with Crippen molar-refractivity contribution < 1.29 is 8.57 Å². The molecule has 2 unspecified atom stereocenters. The van der Waals surface area contributed by atoms with Crippen molar-refractivity contribution in [3.05, 3.63) is 52.7 Å². The molecule has 1 aromatic heterocycles. The molecular formula is C14H13NO2SSe. The Morgan fingerprint density at radius 3 is 2.84 bits per heavy atom. The van der Waals surface area contributed by atoms with Gasteiger partial charge in [-0.25, -0.2) is 0 Å². The van der Waals surface area contributed by atoms with Crippen LogP contribution in [0.5, 0.6) is 0 Å². The van der Waals surface area contributed by atoms with Crippen LogP contribution in [0.4, 0.5) is 0 Å². The number of hydrogen-bond acceptors (Lipinski definition) is 4. The normalized spacial score (nSPS) is 19.8. The summed E-state index contributed by atoms with van der Waals surface area (Å²) in [5, 5.41) is 2.59. The van der Waals surface area contributed by atoms with Gasteiger partial charge in [-0.05, 0) is 0 Å². The van der Waals surface area contributed by atoms with Gasteiger partial charge in [0.05, 0.1) is 0 Å². The van der Waals surface area contributed by atoms with Crippen molar-refractivity contribution in [2.24, 2.45) is 4.99 Å². The van der Waals surface area contributed by atoms with E-state index in [0.717, 1.165) is 9.34 Å². The predicted octanol–water partition coefficient (Wildman–Crippen LogP) is 2.22. The predicted molar refractivity (Wildman–Crippen MR) is 77.9 cm³/mol. The first-order chi connectivity index (χ1) is 9.33. The van der Waals surface area contributed by atoms with E-state index in [1.807, 2.05) is 47.8 Å². The van der Waals surface area contributed by atoms with Crippen LogP contribution >= 0.6 is 11.3 Å². The molecule has 0 amide bonds. The van der Waals surface area contributed by atoms with E-state index in [1.54, 1.807) is 11.3 Å². The van der Waals surface area contributed by atoms with E-state index >= 15 is 0 Å². The van der Waals surface area contributed by atoms with Gasteiger partial charge in [-0.1, -0.05) is 0 Å². The topological polar surface area (TPSA) is 38.7 Å². The van der Waals surface area contributed by atoms with Crippen LogP contribution in [0.1, 0.15) is 4.88 Å². The molecular weight excluding hydrogens is 325 g/mol. The molecule has 2 aromatic rings. The van der Waals surface area contributed by atoms with E-state index in [1.165, 1.54) is 0 Å². The molecule has 1 aliphatic rings. The first kappa shape index (κ1) is 12.7. The van der Waals surface area contributed by atoms with E-state index in [-0.39, 0.29) is 6.10 Å². The molecule has 0 spiro atoms. The Balaban J connectivity index is 1.61. The zero-order valence-corrected chi connectivity index (χ0v) is 12.7. The summed E-state index contributed by atoms with van der Waals surface area (Å²) >= 11 is -0.409. The summed E-state index contributed by atoms with van der Waals surface area (Å²) in [6.45, 7) is 0.613. The molecule has 1 aromatic carbocycles. The summed E-state index contributed by atoms with van der Waals surface area (Å²) in [6.07, 6.45) is -0.0418. The van der Waals surface area contributed by atoms with Crippen LogP contribution < -0.4 is 4.46 Å². The first-order valence-electron chi connectivity index (χ1n) is 6.01. The maximum absolute atomic E-state index is 12.3. The fraction of sp³-hybridized carbons (Fsp3) is 0.214. The van der Waals surface area contributed by atoms with E-state index in [0.29, 0.717) is 17.8 Å². The third-order valence-corrected chi connectivity index (χ3v) is 6.74. The average Bonchev–Trinajstić information content (AvgIpc) is 3.10. The summed E-state index contributed by atoms with van der Waals surface area (Å²) in [4.78, 5) is 5.44. The molecule has 2 heterocycles. The molecule has 0 saturated heterocycles. The quantitative estimate of drug-likeness (QED) is 0.802. The minimum absolute atomic E-state index is 0.0418. The molecule has 0 aliphatic carbocycles. The van der Waals surface area contributed by atoms with Gasteiger partial charge >= 0.3 is 120 Å². The molecule has 0 bridgehead atoms. The van der Waals surface area contributed by atoms with Crippen molar-refractivity contribution in [3.8, 4) is 0 Å². The van der Waals surface area contributed by atoms with Gasteiger partial charge in [0, 0.05) is 0 Å². The monoisotopic (exact) mass is 339 g/mol. The van der Waals surface area contributed by atoms with Crippen LogP contribution in [-0.2, 0) is 8.57 Å². The second-order valence-electron chi connectivity index (χ2n) is 4.19. The summed E-state index contributed by atoms with van der Waals surface area (Å²) in [7, 11) is 0. The van der Waals surface area contributed by atoms with Crippen LogP contribution in [0.2, 0.25) is 5.32 Å². The summed E-state index contributed by atoms with van der Waals surface area (Å²) in [5.74, 6) is 0.701. The van der Waals surface area contributed by atoms with Crippen molar-refractivity contribution in [2.75, 3.05) is 6.54 Å². The van der Waals surface area contributed by atoms with Crippen molar-refractivity contribution in [3.63, 3.8) is 0 Å². The Labute approximate surface area is 120 Å². The number of nitrogens with zero attached hydrogens (tertiary/aromatic N) is 1. The van der Waals surface area contributed by atoms with Crippen molar-refractivity contribution in [2.45, 2.75) is 11.4 Å². The Morgan fingerprint density at radius 1 is 1.26 bits per heavy atom. The zero-order valence-electron chi connectivity index (χ0n) is 10.2. The Morgan fingerprint density at radius 2 is 2.11 bits per heavy atom. The molecule has 0 saturated carbocycles. The van der Waals surface area contributed by atoms with Gasteiger partial charge < -0.3 is 0 Å². The van der Waals surface area contributed by atoms with Crippen LogP contribution in [0.25, 0.3) is 0 Å². The third kappa shape index (κ3) is 3.00. The first-order valence-corrected chi connectivity index (χ1v) is 9.66. The maximum atomic E-state index is 12.3. The standard InChI is InChI=1S/C14H13NO2SSe/c16-19(12-5-2-1-3-6-12)10-11-9-15-14(17-11)13-7-4-8-18-13/h1-8,11H,9-10H2. The number of rotatable bonds is 4. The molecule has 19 heavy (non-hydrogen) atoms. The van der Waals surface area contributed by atoms with Gasteiger partial charge in [-0.15, -0.1) is 0 Å². The summed E-state index contributed by atoms with van der Waals surface area (Å²) in [5.41, 5.74) is 0. The molecule has 0 fully saturated rings. The fourth-order valence-corrected chi connectivity index (χ4v) is 4.99. The Bertz CT molecular complexity index is 595. The Hall–Kier alpha value is -1.29. The second kappa shape index (κ2) is 5.78. The van der Waals surface area contributed by atoms with E-state index in [4.69, 9.17) is 4.74 Å². The summed E-state index contributed by atoms with van der Waals surface area (Å²) in [6, 6.07) is 13.6. The molecule has 0 radical (unpaired) electrons. The molecule has 0 N–H and O–H groups in total. The van der Waals surface area contributed by atoms with Crippen molar-refractivity contribution >= 4 is 35.5 Å². The van der Waals surface area contributed by atoms with Gasteiger partial charge in [0.15, 0.2) is 0 Å². The van der Waals surface area contributed by atoms with E-state index in [9.17, 15) is 3.83 Å². The fourth-order valence-electron chi connectivity index (χ4n) is 1.88. The van der Waals surface area contributed by atoms with Gasteiger partial charge in [0.1, 0.15) is 0 Å². The van der Waals surface area contributed by atoms with E-state index in [2.05, 4.69) is 4.99 Å². The van der Waals surface area contributed by atoms with Crippen molar-refractivity contribution in [1.29, 1.82) is 0 Å². The molecule has 3 nitrogen and oxygen atoms in total. The van der Waals surface area contributed by atoms with E-state index < -0.39 is 13.8 Å². The third-order valence-electron chi connectivity index (χ3n) is 2.79. The second-order valence-corrected chi connectivity index (χ2v) is 8.27. The van der Waals surface area contributed by atoms with Gasteiger partial charge in [0.2, 0.25) is 0 Å². The number of ether oxygens (including phenoxy) is 1. The molecule has 98 valence electrons. The molecule has 3 rings (SSSR count). The minimum atomic E-state index is -2.02. The number of thiophene rings is 1. The zero-order chi connectivity index (χ0) is 13.1. The average molecular weight is 338 g/mol. The number of hydrogen-bond donors (Lipinski definition) is 0. The molecule has 5 heteroatoms. The molecule has 1 aliphatic heterocycles. The van der Waals surface area contributed by atoms with Gasteiger partial charge in [0.25, 0.3) is 0 Å². The van der Waals surface area contributed by atoms with Crippen LogP contribution in [0, 0.1) is 0 Å². The van der Waals surface area contributed by atoms with Crippen molar-refractivity contribution in [1.82, 2.24) is 0 Å². The van der Waals surface area contributed by atoms with Gasteiger partial charge in [-0.3, -0.25) is 0 Å². The SMILES string of the molecule is O=[Se](CC1CN=C(c2cccs2)O1)c1ccccc1.